The quantitative estimate of drug-likeness (QED) is 0.689. The summed E-state index contributed by atoms with van der Waals surface area (Å²) in [6.45, 7) is 6.35. The molecular formula is C25H35N5O2. The number of aromatic nitrogens is 2. The number of likely N-dealkylation sites (tertiary alicyclic amines) is 1. The fourth-order valence-corrected chi connectivity index (χ4v) is 4.70. The van der Waals surface area contributed by atoms with Gasteiger partial charge in [-0.1, -0.05) is 24.3 Å². The lowest BCUT2D eigenvalue weighted by molar-refractivity contribution is 0.0681. The van der Waals surface area contributed by atoms with Crippen molar-refractivity contribution < 1.29 is 9.90 Å². The molecule has 2 aliphatic rings. The van der Waals surface area contributed by atoms with Crippen molar-refractivity contribution >= 4 is 5.91 Å². The number of rotatable bonds is 7. The Morgan fingerprint density at radius 3 is 2.72 bits per heavy atom. The Labute approximate surface area is 190 Å². The van der Waals surface area contributed by atoms with Crippen LogP contribution in [0.5, 0.6) is 0 Å². The highest BCUT2D eigenvalue weighted by Gasteiger charge is 2.24. The van der Waals surface area contributed by atoms with Crippen molar-refractivity contribution in [2.45, 2.75) is 51.3 Å². The summed E-state index contributed by atoms with van der Waals surface area (Å²) in [5.74, 6) is 0.347. The molecule has 0 radical (unpaired) electrons. The Morgan fingerprint density at radius 1 is 1.19 bits per heavy atom. The molecule has 1 amide bonds. The molecule has 0 aliphatic carbocycles. The molecule has 2 unspecified atom stereocenters. The average Bonchev–Trinajstić information content (AvgIpc) is 2.80. The van der Waals surface area contributed by atoms with E-state index in [0.717, 1.165) is 57.6 Å². The van der Waals surface area contributed by atoms with Gasteiger partial charge in [-0.2, -0.15) is 0 Å². The standard InChI is InChI=1S/C25H35N5O2/c1-18(24(31)16-30-12-9-20-5-3-4-6-21(20)15-30)28-25(32)23-14-22(26-17-27-23)13-19-7-10-29(2)11-8-19/h3-6,14,17-19,24,31H,7-13,15-16H2,1-2H3,(H,28,32). The first kappa shape index (κ1) is 22.8. The number of carbonyl (C=O) groups is 1. The van der Waals surface area contributed by atoms with E-state index in [2.05, 4.69) is 56.4 Å². The van der Waals surface area contributed by atoms with E-state index < -0.39 is 6.10 Å². The first-order valence-corrected chi connectivity index (χ1v) is 11.8. The summed E-state index contributed by atoms with van der Waals surface area (Å²) in [5, 5.41) is 13.6. The number of fused-ring (bicyclic) bond motifs is 1. The zero-order valence-electron chi connectivity index (χ0n) is 19.2. The second kappa shape index (κ2) is 10.5. The van der Waals surface area contributed by atoms with Gasteiger partial charge in [0.2, 0.25) is 0 Å². The Bertz CT molecular complexity index is 913. The Morgan fingerprint density at radius 2 is 1.94 bits per heavy atom. The third-order valence-electron chi connectivity index (χ3n) is 6.88. The van der Waals surface area contributed by atoms with E-state index in [0.29, 0.717) is 18.2 Å². The monoisotopic (exact) mass is 437 g/mol. The van der Waals surface area contributed by atoms with Crippen molar-refractivity contribution in [3.63, 3.8) is 0 Å². The van der Waals surface area contributed by atoms with Crippen LogP contribution in [0.2, 0.25) is 0 Å². The molecule has 1 fully saturated rings. The molecule has 4 rings (SSSR count). The SMILES string of the molecule is CC(NC(=O)c1cc(CC2CCN(C)CC2)ncn1)C(O)CN1CCc2ccccc2C1. The van der Waals surface area contributed by atoms with Crippen molar-refractivity contribution in [2.75, 3.05) is 33.2 Å². The van der Waals surface area contributed by atoms with Gasteiger partial charge in [-0.25, -0.2) is 9.97 Å². The van der Waals surface area contributed by atoms with Gasteiger partial charge in [-0.15, -0.1) is 0 Å². The van der Waals surface area contributed by atoms with Crippen molar-refractivity contribution in [2.24, 2.45) is 5.92 Å². The number of hydrogen-bond donors (Lipinski definition) is 2. The van der Waals surface area contributed by atoms with E-state index in [9.17, 15) is 9.90 Å². The number of carbonyl (C=O) groups excluding carboxylic acids is 1. The normalized spacial score (nSPS) is 19.8. The Balaban J connectivity index is 1.28. The van der Waals surface area contributed by atoms with Crippen LogP contribution >= 0.6 is 0 Å². The first-order chi connectivity index (χ1) is 15.5. The summed E-state index contributed by atoms with van der Waals surface area (Å²) < 4.78 is 0. The predicted octanol–water partition coefficient (Wildman–Crippen LogP) is 1.90. The lowest BCUT2D eigenvalue weighted by Gasteiger charge is -2.32. The molecule has 2 atom stereocenters. The van der Waals surface area contributed by atoms with Crippen LogP contribution in [0.4, 0.5) is 0 Å². The van der Waals surface area contributed by atoms with Crippen LogP contribution < -0.4 is 5.32 Å². The average molecular weight is 438 g/mol. The topological polar surface area (TPSA) is 81.6 Å². The maximum absolute atomic E-state index is 12.8. The molecule has 0 spiro atoms. The van der Waals surface area contributed by atoms with Gasteiger partial charge in [0.25, 0.3) is 5.91 Å². The maximum atomic E-state index is 12.8. The number of aliphatic hydroxyl groups excluding tert-OH is 1. The van der Waals surface area contributed by atoms with Crippen LogP contribution in [-0.2, 0) is 19.4 Å². The highest BCUT2D eigenvalue weighted by Crippen LogP contribution is 2.21. The molecule has 1 aromatic carbocycles. The number of amides is 1. The summed E-state index contributed by atoms with van der Waals surface area (Å²) in [4.78, 5) is 25.9. The smallest absolute Gasteiger partial charge is 0.270 e. The van der Waals surface area contributed by atoms with Crippen molar-refractivity contribution in [3.05, 3.63) is 59.2 Å². The van der Waals surface area contributed by atoms with Gasteiger partial charge in [0, 0.05) is 25.3 Å². The zero-order chi connectivity index (χ0) is 22.5. The van der Waals surface area contributed by atoms with Crippen LogP contribution in [-0.4, -0.2) is 76.2 Å². The molecule has 172 valence electrons. The van der Waals surface area contributed by atoms with Crippen molar-refractivity contribution in [3.8, 4) is 0 Å². The van der Waals surface area contributed by atoms with E-state index >= 15 is 0 Å². The molecule has 1 saturated heterocycles. The van der Waals surface area contributed by atoms with E-state index in [1.165, 1.54) is 17.5 Å². The van der Waals surface area contributed by atoms with E-state index in [4.69, 9.17) is 0 Å². The third-order valence-corrected chi connectivity index (χ3v) is 6.88. The highest BCUT2D eigenvalue weighted by atomic mass is 16.3. The number of nitrogens with one attached hydrogen (secondary N) is 1. The molecule has 3 heterocycles. The summed E-state index contributed by atoms with van der Waals surface area (Å²) in [7, 11) is 2.16. The number of hydrogen-bond acceptors (Lipinski definition) is 6. The fourth-order valence-electron chi connectivity index (χ4n) is 4.70. The molecule has 0 saturated carbocycles. The van der Waals surface area contributed by atoms with Gasteiger partial charge in [-0.3, -0.25) is 9.69 Å². The zero-order valence-corrected chi connectivity index (χ0v) is 19.2. The fraction of sp³-hybridized carbons (Fsp3) is 0.560. The molecule has 2 N–H and O–H groups in total. The molecule has 7 heteroatoms. The van der Waals surface area contributed by atoms with Gasteiger partial charge in [0.05, 0.1) is 12.1 Å². The number of piperidine rings is 1. The van der Waals surface area contributed by atoms with E-state index in [1.54, 1.807) is 6.07 Å². The lowest BCUT2D eigenvalue weighted by Crippen LogP contribution is -2.47. The first-order valence-electron chi connectivity index (χ1n) is 11.8. The summed E-state index contributed by atoms with van der Waals surface area (Å²) >= 11 is 0. The molecule has 0 bridgehead atoms. The van der Waals surface area contributed by atoms with Crippen LogP contribution in [0, 0.1) is 5.92 Å². The second-order valence-corrected chi connectivity index (χ2v) is 9.43. The number of benzene rings is 1. The van der Waals surface area contributed by atoms with Crippen LogP contribution in [0.3, 0.4) is 0 Å². The Hall–Kier alpha value is -2.35. The van der Waals surface area contributed by atoms with E-state index in [1.807, 2.05) is 6.92 Å². The molecule has 2 aromatic rings. The van der Waals surface area contributed by atoms with Crippen LogP contribution in [0.25, 0.3) is 0 Å². The number of aliphatic hydroxyl groups is 1. The van der Waals surface area contributed by atoms with Crippen LogP contribution in [0.15, 0.2) is 36.7 Å². The van der Waals surface area contributed by atoms with E-state index in [-0.39, 0.29) is 11.9 Å². The number of β-amino-alcohol motifs (C(OH)–C–C–N with tert-alkyl or cyclic N) is 1. The van der Waals surface area contributed by atoms with Crippen LogP contribution in [0.1, 0.15) is 47.1 Å². The van der Waals surface area contributed by atoms with Gasteiger partial charge >= 0.3 is 0 Å². The van der Waals surface area contributed by atoms with Gasteiger partial charge in [-0.05, 0) is 75.9 Å². The van der Waals surface area contributed by atoms with Gasteiger partial charge in [0.1, 0.15) is 12.0 Å². The molecule has 2 aliphatic heterocycles. The minimum absolute atomic E-state index is 0.257. The minimum Gasteiger partial charge on any atom is -0.390 e. The van der Waals surface area contributed by atoms with Crippen molar-refractivity contribution in [1.29, 1.82) is 0 Å². The molecule has 7 nitrogen and oxygen atoms in total. The molecule has 1 aromatic heterocycles. The summed E-state index contributed by atoms with van der Waals surface area (Å²) in [5.41, 5.74) is 3.99. The minimum atomic E-state index is -0.648. The number of nitrogens with zero attached hydrogens (tertiary/aromatic N) is 4. The van der Waals surface area contributed by atoms with Crippen molar-refractivity contribution in [1.82, 2.24) is 25.1 Å². The Kier molecular flexibility index (Phi) is 7.50. The molecule has 32 heavy (non-hydrogen) atoms. The summed E-state index contributed by atoms with van der Waals surface area (Å²) in [6, 6.07) is 9.89. The summed E-state index contributed by atoms with van der Waals surface area (Å²) in [6.07, 6.45) is 5.02. The predicted molar refractivity (Wildman–Crippen MR) is 124 cm³/mol. The largest absolute Gasteiger partial charge is 0.390 e. The third kappa shape index (κ3) is 5.91. The lowest BCUT2D eigenvalue weighted by atomic mass is 9.92. The van der Waals surface area contributed by atoms with Gasteiger partial charge < -0.3 is 15.3 Å². The highest BCUT2D eigenvalue weighted by molar-refractivity contribution is 5.92. The molecular weight excluding hydrogens is 402 g/mol. The van der Waals surface area contributed by atoms with Gasteiger partial charge in [0.15, 0.2) is 0 Å². The second-order valence-electron chi connectivity index (χ2n) is 9.43. The maximum Gasteiger partial charge on any atom is 0.270 e.